The number of hydrogen-bond donors (Lipinski definition) is 1. The molecule has 2 rings (SSSR count). The van der Waals surface area contributed by atoms with E-state index >= 15 is 0 Å². The monoisotopic (exact) mass is 315 g/mol. The van der Waals surface area contributed by atoms with Gasteiger partial charge in [-0.05, 0) is 44.2 Å². The third kappa shape index (κ3) is 3.41. The van der Waals surface area contributed by atoms with Crippen molar-refractivity contribution in [3.63, 3.8) is 0 Å². The van der Waals surface area contributed by atoms with Crippen molar-refractivity contribution in [1.82, 2.24) is 5.32 Å². The first kappa shape index (κ1) is 15.9. The number of carbonyl (C=O) groups is 1. The van der Waals surface area contributed by atoms with E-state index in [0.717, 1.165) is 12.1 Å². The molecule has 0 aromatic heterocycles. The van der Waals surface area contributed by atoms with E-state index < -0.39 is 32.8 Å². The topological polar surface area (TPSA) is 72.5 Å². The molecule has 0 bridgehead atoms. The Morgan fingerprint density at radius 3 is 2.67 bits per heavy atom. The Hall–Kier alpha value is -1.47. The van der Waals surface area contributed by atoms with Gasteiger partial charge in [0.15, 0.2) is 9.84 Å². The Balaban J connectivity index is 2.31. The van der Waals surface area contributed by atoms with Gasteiger partial charge >= 0.3 is 5.97 Å². The summed E-state index contributed by atoms with van der Waals surface area (Å²) in [5.74, 6) is -1.69. The lowest BCUT2D eigenvalue weighted by atomic mass is 9.98. The lowest BCUT2D eigenvalue weighted by molar-refractivity contribution is -0.148. The highest BCUT2D eigenvalue weighted by molar-refractivity contribution is 7.92. The summed E-state index contributed by atoms with van der Waals surface area (Å²) in [6, 6.07) is 4.65. The van der Waals surface area contributed by atoms with E-state index in [4.69, 9.17) is 4.74 Å². The molecule has 1 aliphatic rings. The maximum Gasteiger partial charge on any atom is 0.310 e. The predicted molar refractivity (Wildman–Crippen MR) is 75.0 cm³/mol. The van der Waals surface area contributed by atoms with Gasteiger partial charge in [0, 0.05) is 6.54 Å². The lowest BCUT2D eigenvalue weighted by Crippen LogP contribution is -2.48. The Bertz CT molecular complexity index is 600. The number of halogens is 1. The number of piperidine rings is 1. The largest absolute Gasteiger partial charge is 0.466 e. The summed E-state index contributed by atoms with van der Waals surface area (Å²) in [5, 5.41) is 2.10. The zero-order valence-corrected chi connectivity index (χ0v) is 12.5. The summed E-state index contributed by atoms with van der Waals surface area (Å²) < 4.78 is 43.2. The minimum atomic E-state index is -3.72. The normalized spacial score (nSPS) is 22.8. The number of sulfone groups is 1. The van der Waals surface area contributed by atoms with Crippen LogP contribution in [-0.4, -0.2) is 39.3 Å². The average molecular weight is 315 g/mol. The van der Waals surface area contributed by atoms with E-state index in [1.54, 1.807) is 6.92 Å². The number of ether oxygens (including phenoxy) is 1. The molecule has 1 N–H and O–H groups in total. The highest BCUT2D eigenvalue weighted by atomic mass is 32.2. The number of benzene rings is 1. The number of rotatable bonds is 4. The van der Waals surface area contributed by atoms with Crippen molar-refractivity contribution in [1.29, 1.82) is 0 Å². The predicted octanol–water partition coefficient (Wildman–Crippen LogP) is 1.14. The zero-order chi connectivity index (χ0) is 15.5. The second kappa shape index (κ2) is 6.53. The van der Waals surface area contributed by atoms with Crippen LogP contribution in [0.5, 0.6) is 0 Å². The maximum atomic E-state index is 12.9. The van der Waals surface area contributed by atoms with Crippen LogP contribution in [0.2, 0.25) is 0 Å². The van der Waals surface area contributed by atoms with E-state index in [2.05, 4.69) is 5.32 Å². The standard InChI is InChI=1S/C14H18FNO4S/c1-2-20-14(17)12-7-8-16-9-13(12)21(18,19)11-5-3-10(15)4-6-11/h3-6,12-13,16H,2,7-9H2,1H3. The molecule has 7 heteroatoms. The minimum absolute atomic E-state index is 0.0203. The molecule has 0 aliphatic carbocycles. The molecule has 0 amide bonds. The third-order valence-corrected chi connectivity index (χ3v) is 5.78. The highest BCUT2D eigenvalue weighted by Gasteiger charge is 2.41. The van der Waals surface area contributed by atoms with Crippen LogP contribution in [-0.2, 0) is 19.4 Å². The molecule has 1 aromatic carbocycles. The fourth-order valence-electron chi connectivity index (χ4n) is 2.47. The van der Waals surface area contributed by atoms with Crippen molar-refractivity contribution in [2.45, 2.75) is 23.5 Å². The number of nitrogens with one attached hydrogen (secondary N) is 1. The molecule has 116 valence electrons. The molecule has 0 radical (unpaired) electrons. The molecule has 0 saturated carbocycles. The molecular formula is C14H18FNO4S. The third-order valence-electron chi connectivity index (χ3n) is 3.56. The van der Waals surface area contributed by atoms with Crippen LogP contribution >= 0.6 is 0 Å². The van der Waals surface area contributed by atoms with Crippen molar-refractivity contribution in [2.75, 3.05) is 19.7 Å². The summed E-state index contributed by atoms with van der Waals surface area (Å²) in [6.07, 6.45) is 0.407. The van der Waals surface area contributed by atoms with Crippen molar-refractivity contribution < 1.29 is 22.3 Å². The maximum absolute atomic E-state index is 12.9. The Labute approximate surface area is 123 Å². The van der Waals surface area contributed by atoms with Crippen molar-refractivity contribution in [2.24, 2.45) is 5.92 Å². The fourth-order valence-corrected chi connectivity index (χ4v) is 4.36. The molecule has 0 spiro atoms. The summed E-state index contributed by atoms with van der Waals surface area (Å²) in [6.45, 7) is 2.65. The minimum Gasteiger partial charge on any atom is -0.466 e. The average Bonchev–Trinajstić information content (AvgIpc) is 2.48. The van der Waals surface area contributed by atoms with Crippen molar-refractivity contribution in [3.8, 4) is 0 Å². The second-order valence-electron chi connectivity index (χ2n) is 4.89. The fraction of sp³-hybridized carbons (Fsp3) is 0.500. The Kier molecular flexibility index (Phi) is 4.95. The van der Waals surface area contributed by atoms with Crippen LogP contribution in [0.15, 0.2) is 29.2 Å². The second-order valence-corrected chi connectivity index (χ2v) is 7.06. The van der Waals surface area contributed by atoms with Crippen LogP contribution < -0.4 is 5.32 Å². The summed E-state index contributed by atoms with van der Waals surface area (Å²) in [4.78, 5) is 12.0. The smallest absolute Gasteiger partial charge is 0.310 e. The first-order valence-electron chi connectivity index (χ1n) is 6.83. The van der Waals surface area contributed by atoms with Gasteiger partial charge in [0.25, 0.3) is 0 Å². The van der Waals surface area contributed by atoms with Gasteiger partial charge in [-0.1, -0.05) is 0 Å². The van der Waals surface area contributed by atoms with Gasteiger partial charge in [-0.3, -0.25) is 4.79 Å². The van der Waals surface area contributed by atoms with Crippen molar-refractivity contribution in [3.05, 3.63) is 30.1 Å². The summed E-state index contributed by atoms with van der Waals surface area (Å²) >= 11 is 0. The molecule has 1 heterocycles. The molecule has 1 saturated heterocycles. The van der Waals surface area contributed by atoms with E-state index in [9.17, 15) is 17.6 Å². The van der Waals surface area contributed by atoms with Gasteiger partial charge in [-0.15, -0.1) is 0 Å². The summed E-state index contributed by atoms with van der Waals surface area (Å²) in [5.41, 5.74) is 0. The number of esters is 1. The van der Waals surface area contributed by atoms with E-state index in [1.165, 1.54) is 12.1 Å². The lowest BCUT2D eigenvalue weighted by Gasteiger charge is -2.30. The first-order chi connectivity index (χ1) is 9.96. The molecular weight excluding hydrogens is 297 g/mol. The van der Waals surface area contributed by atoms with Gasteiger partial charge in [0.2, 0.25) is 0 Å². The molecule has 2 unspecified atom stereocenters. The van der Waals surface area contributed by atoms with Gasteiger partial charge in [-0.2, -0.15) is 0 Å². The summed E-state index contributed by atoms with van der Waals surface area (Å²) in [7, 11) is -3.72. The van der Waals surface area contributed by atoms with Gasteiger partial charge in [0.1, 0.15) is 5.82 Å². The van der Waals surface area contributed by atoms with E-state index in [-0.39, 0.29) is 18.0 Å². The van der Waals surface area contributed by atoms with Crippen LogP contribution in [0.4, 0.5) is 4.39 Å². The number of hydrogen-bond acceptors (Lipinski definition) is 5. The molecule has 1 aromatic rings. The first-order valence-corrected chi connectivity index (χ1v) is 8.38. The molecule has 5 nitrogen and oxygen atoms in total. The van der Waals surface area contributed by atoms with Crippen LogP contribution in [0, 0.1) is 11.7 Å². The van der Waals surface area contributed by atoms with Crippen molar-refractivity contribution >= 4 is 15.8 Å². The zero-order valence-electron chi connectivity index (χ0n) is 11.7. The van der Waals surface area contributed by atoms with Gasteiger partial charge in [-0.25, -0.2) is 12.8 Å². The van der Waals surface area contributed by atoms with E-state index in [1.807, 2.05) is 0 Å². The van der Waals surface area contributed by atoms with Crippen LogP contribution in [0.25, 0.3) is 0 Å². The Morgan fingerprint density at radius 1 is 1.38 bits per heavy atom. The Morgan fingerprint density at radius 2 is 2.05 bits per heavy atom. The van der Waals surface area contributed by atoms with Gasteiger partial charge < -0.3 is 10.1 Å². The molecule has 21 heavy (non-hydrogen) atoms. The number of carbonyl (C=O) groups excluding carboxylic acids is 1. The molecule has 2 atom stereocenters. The van der Waals surface area contributed by atoms with E-state index in [0.29, 0.717) is 13.0 Å². The molecule has 1 aliphatic heterocycles. The molecule has 1 fully saturated rings. The van der Waals surface area contributed by atoms with Crippen LogP contribution in [0.3, 0.4) is 0 Å². The van der Waals surface area contributed by atoms with Crippen LogP contribution in [0.1, 0.15) is 13.3 Å². The van der Waals surface area contributed by atoms with Gasteiger partial charge in [0.05, 0.1) is 22.7 Å². The SMILES string of the molecule is CCOC(=O)C1CCNCC1S(=O)(=O)c1ccc(F)cc1. The highest BCUT2D eigenvalue weighted by Crippen LogP contribution is 2.26. The quantitative estimate of drug-likeness (QED) is 0.666.